The minimum absolute atomic E-state index is 0.0863. The van der Waals surface area contributed by atoms with Crippen molar-refractivity contribution in [2.75, 3.05) is 18.5 Å². The van der Waals surface area contributed by atoms with Crippen LogP contribution in [0, 0.1) is 10.1 Å². The Balaban J connectivity index is 2.38. The number of nitrogens with one attached hydrogen (secondary N) is 1. The van der Waals surface area contributed by atoms with Crippen molar-refractivity contribution in [2.45, 2.75) is 13.5 Å². The summed E-state index contributed by atoms with van der Waals surface area (Å²) < 4.78 is 1.69. The summed E-state index contributed by atoms with van der Waals surface area (Å²) in [5.41, 5.74) is 1.62. The van der Waals surface area contributed by atoms with E-state index in [1.165, 1.54) is 13.1 Å². The first kappa shape index (κ1) is 16.5. The molecule has 0 unspecified atom stereocenters. The van der Waals surface area contributed by atoms with E-state index in [0.29, 0.717) is 18.8 Å². The molecule has 0 aliphatic rings. The van der Waals surface area contributed by atoms with Gasteiger partial charge in [0.05, 0.1) is 11.1 Å². The Bertz CT molecular complexity index is 726. The van der Waals surface area contributed by atoms with Gasteiger partial charge in [-0.05, 0) is 19.1 Å². The van der Waals surface area contributed by atoms with E-state index in [1.54, 1.807) is 23.0 Å². The van der Waals surface area contributed by atoms with Gasteiger partial charge in [0.15, 0.2) is 0 Å². The van der Waals surface area contributed by atoms with Crippen LogP contribution in [-0.4, -0.2) is 34.2 Å². The number of hydrogen-bond donors (Lipinski definition) is 1. The van der Waals surface area contributed by atoms with Gasteiger partial charge < -0.3 is 10.2 Å². The first-order valence-electron chi connectivity index (χ1n) is 7.19. The monoisotopic (exact) mass is 317 g/mol. The first-order valence-corrected chi connectivity index (χ1v) is 7.19. The average molecular weight is 317 g/mol. The number of hydrogen-bond acceptors (Lipinski definition) is 5. The summed E-state index contributed by atoms with van der Waals surface area (Å²) in [5, 5.41) is 18.0. The van der Waals surface area contributed by atoms with Crippen LogP contribution in [-0.2, 0) is 13.6 Å². The van der Waals surface area contributed by atoms with Crippen LogP contribution in [0.2, 0.25) is 0 Å². The summed E-state index contributed by atoms with van der Waals surface area (Å²) in [6.45, 7) is 3.02. The molecule has 1 amide bonds. The number of nitrogens with zero attached hydrogens (tertiary/aromatic N) is 4. The van der Waals surface area contributed by atoms with Crippen molar-refractivity contribution < 1.29 is 9.72 Å². The van der Waals surface area contributed by atoms with Gasteiger partial charge in [0.25, 0.3) is 11.6 Å². The van der Waals surface area contributed by atoms with Crippen molar-refractivity contribution >= 4 is 17.3 Å². The third-order valence-electron chi connectivity index (χ3n) is 3.52. The topological polar surface area (TPSA) is 93.3 Å². The molecule has 122 valence electrons. The molecule has 2 aromatic rings. The molecule has 0 saturated heterocycles. The van der Waals surface area contributed by atoms with Crippen molar-refractivity contribution in [1.82, 2.24) is 15.1 Å². The largest absolute Gasteiger partial charge is 0.362 e. The Morgan fingerprint density at radius 2 is 2.22 bits per heavy atom. The van der Waals surface area contributed by atoms with Crippen molar-refractivity contribution in [2.24, 2.45) is 7.05 Å². The number of nitro benzene ring substituents is 1. The fourth-order valence-corrected chi connectivity index (χ4v) is 2.36. The molecule has 1 heterocycles. The van der Waals surface area contributed by atoms with Crippen molar-refractivity contribution in [3.8, 4) is 0 Å². The highest BCUT2D eigenvalue weighted by Gasteiger charge is 2.21. The number of aromatic nitrogens is 2. The van der Waals surface area contributed by atoms with E-state index in [9.17, 15) is 14.9 Å². The summed E-state index contributed by atoms with van der Waals surface area (Å²) in [4.78, 5) is 24.5. The molecule has 0 radical (unpaired) electrons. The molecule has 0 saturated carbocycles. The number of benzene rings is 1. The van der Waals surface area contributed by atoms with Crippen LogP contribution in [0.4, 0.5) is 11.4 Å². The first-order chi connectivity index (χ1) is 11.0. The standard InChI is InChI=1S/C15H19N5O3/c1-4-19(10-11-8-17-18(3)9-11)13-6-5-12(15(21)16-2)7-14(13)20(22)23/h5-9H,4,10H2,1-3H3,(H,16,21). The number of amides is 1. The van der Waals surface area contributed by atoms with Gasteiger partial charge >= 0.3 is 0 Å². The summed E-state index contributed by atoms with van der Waals surface area (Å²) in [5.74, 6) is -0.352. The number of carbonyl (C=O) groups excluding carboxylic acids is 1. The van der Waals surface area contributed by atoms with Gasteiger partial charge in [-0.3, -0.25) is 19.6 Å². The van der Waals surface area contributed by atoms with E-state index in [4.69, 9.17) is 0 Å². The molecule has 2 rings (SSSR count). The van der Waals surface area contributed by atoms with Crippen molar-refractivity contribution in [3.05, 3.63) is 51.8 Å². The predicted octanol–water partition coefficient (Wildman–Crippen LogP) is 1.71. The molecule has 0 bridgehead atoms. The zero-order chi connectivity index (χ0) is 17.0. The SMILES string of the molecule is CCN(Cc1cnn(C)c1)c1ccc(C(=O)NC)cc1[N+](=O)[O-]. The van der Waals surface area contributed by atoms with Gasteiger partial charge in [-0.1, -0.05) is 0 Å². The number of nitro groups is 1. The number of carbonyl (C=O) groups is 1. The second kappa shape index (κ2) is 6.91. The van der Waals surface area contributed by atoms with Gasteiger partial charge in [-0.2, -0.15) is 5.10 Å². The minimum atomic E-state index is -0.465. The molecular formula is C15H19N5O3. The lowest BCUT2D eigenvalue weighted by molar-refractivity contribution is -0.384. The molecule has 0 spiro atoms. The lowest BCUT2D eigenvalue weighted by Crippen LogP contribution is -2.23. The van der Waals surface area contributed by atoms with Gasteiger partial charge in [-0.25, -0.2) is 0 Å². The fraction of sp³-hybridized carbons (Fsp3) is 0.333. The lowest BCUT2D eigenvalue weighted by atomic mass is 10.1. The Morgan fingerprint density at radius 1 is 1.48 bits per heavy atom. The maximum Gasteiger partial charge on any atom is 0.293 e. The van der Waals surface area contributed by atoms with Gasteiger partial charge in [-0.15, -0.1) is 0 Å². The van der Waals surface area contributed by atoms with Crippen molar-refractivity contribution in [3.63, 3.8) is 0 Å². The third-order valence-corrected chi connectivity index (χ3v) is 3.52. The smallest absolute Gasteiger partial charge is 0.293 e. The second-order valence-electron chi connectivity index (χ2n) is 5.08. The summed E-state index contributed by atoms with van der Waals surface area (Å²) in [6.07, 6.45) is 3.60. The Labute approximate surface area is 133 Å². The maximum atomic E-state index is 11.7. The zero-order valence-corrected chi connectivity index (χ0v) is 13.3. The minimum Gasteiger partial charge on any atom is -0.362 e. The van der Waals surface area contributed by atoms with Crippen LogP contribution in [0.1, 0.15) is 22.8 Å². The Kier molecular flexibility index (Phi) is 4.95. The quantitative estimate of drug-likeness (QED) is 0.646. The molecule has 0 aliphatic heterocycles. The van der Waals surface area contributed by atoms with Crippen LogP contribution in [0.15, 0.2) is 30.6 Å². The molecule has 8 nitrogen and oxygen atoms in total. The molecule has 0 aliphatic carbocycles. The molecule has 0 fully saturated rings. The fourth-order valence-electron chi connectivity index (χ4n) is 2.36. The molecule has 0 atom stereocenters. The van der Waals surface area contributed by atoms with Crippen LogP contribution >= 0.6 is 0 Å². The normalized spacial score (nSPS) is 10.4. The van der Waals surface area contributed by atoms with Crippen LogP contribution in [0.25, 0.3) is 0 Å². The summed E-state index contributed by atoms with van der Waals surface area (Å²) in [7, 11) is 3.31. The highest BCUT2D eigenvalue weighted by atomic mass is 16.6. The van der Waals surface area contributed by atoms with Crippen molar-refractivity contribution in [1.29, 1.82) is 0 Å². The van der Waals surface area contributed by atoms with Gasteiger partial charge in [0, 0.05) is 50.6 Å². The van der Waals surface area contributed by atoms with Crippen LogP contribution in [0.5, 0.6) is 0 Å². The van der Waals surface area contributed by atoms with E-state index < -0.39 is 4.92 Å². The molecule has 8 heteroatoms. The Morgan fingerprint density at radius 3 is 2.74 bits per heavy atom. The molecular weight excluding hydrogens is 298 g/mol. The highest BCUT2D eigenvalue weighted by Crippen LogP contribution is 2.30. The maximum absolute atomic E-state index is 11.7. The molecule has 1 aromatic carbocycles. The van der Waals surface area contributed by atoms with E-state index in [-0.39, 0.29) is 17.2 Å². The number of anilines is 1. The van der Waals surface area contributed by atoms with Gasteiger partial charge in [0.1, 0.15) is 5.69 Å². The summed E-state index contributed by atoms with van der Waals surface area (Å²) >= 11 is 0. The van der Waals surface area contributed by atoms with Gasteiger partial charge in [0.2, 0.25) is 0 Å². The van der Waals surface area contributed by atoms with E-state index in [0.717, 1.165) is 5.56 Å². The Hall–Kier alpha value is -2.90. The van der Waals surface area contributed by atoms with Crippen LogP contribution < -0.4 is 10.2 Å². The van der Waals surface area contributed by atoms with E-state index in [2.05, 4.69) is 10.4 Å². The number of aryl methyl sites for hydroxylation is 1. The summed E-state index contributed by atoms with van der Waals surface area (Å²) in [6, 6.07) is 4.51. The highest BCUT2D eigenvalue weighted by molar-refractivity contribution is 5.95. The zero-order valence-electron chi connectivity index (χ0n) is 13.3. The lowest BCUT2D eigenvalue weighted by Gasteiger charge is -2.22. The molecule has 1 aromatic heterocycles. The molecule has 23 heavy (non-hydrogen) atoms. The second-order valence-corrected chi connectivity index (χ2v) is 5.08. The third kappa shape index (κ3) is 3.65. The van der Waals surface area contributed by atoms with E-state index in [1.807, 2.05) is 25.1 Å². The molecule has 1 N–H and O–H groups in total. The number of rotatable bonds is 6. The average Bonchev–Trinajstić information content (AvgIpc) is 2.96. The van der Waals surface area contributed by atoms with Crippen LogP contribution in [0.3, 0.4) is 0 Å². The predicted molar refractivity (Wildman–Crippen MR) is 86.4 cm³/mol. The van der Waals surface area contributed by atoms with E-state index >= 15 is 0 Å².